The third-order valence-corrected chi connectivity index (χ3v) is 3.29. The summed E-state index contributed by atoms with van der Waals surface area (Å²) in [5.41, 5.74) is 3.32. The maximum absolute atomic E-state index is 12.0. The fourth-order valence-electron chi connectivity index (χ4n) is 1.72. The highest BCUT2D eigenvalue weighted by atomic mass is 35.5. The zero-order valence-corrected chi connectivity index (χ0v) is 11.7. The maximum atomic E-state index is 12.0. The molecule has 0 fully saturated rings. The van der Waals surface area contributed by atoms with Gasteiger partial charge in [0.25, 0.3) is 5.91 Å². The van der Waals surface area contributed by atoms with Gasteiger partial charge in [-0.3, -0.25) is 4.79 Å². The van der Waals surface area contributed by atoms with Gasteiger partial charge < -0.3 is 5.32 Å². The van der Waals surface area contributed by atoms with E-state index in [1.54, 1.807) is 12.3 Å². The average molecular weight is 275 g/mol. The highest BCUT2D eigenvalue weighted by Gasteiger charge is 2.07. The number of hydrogen-bond donors (Lipinski definition) is 1. The molecule has 19 heavy (non-hydrogen) atoms. The Bertz CT molecular complexity index is 594. The van der Waals surface area contributed by atoms with Gasteiger partial charge in [0.1, 0.15) is 5.15 Å². The first-order chi connectivity index (χ1) is 9.10. The number of amides is 1. The number of nitrogens with zero attached hydrogens (tertiary/aromatic N) is 1. The van der Waals surface area contributed by atoms with Crippen molar-refractivity contribution >= 4 is 23.2 Å². The number of carbonyl (C=O) groups excluding carboxylic acids is 1. The first-order valence-corrected chi connectivity index (χ1v) is 6.50. The summed E-state index contributed by atoms with van der Waals surface area (Å²) in [6.45, 7) is 3.93. The Kier molecular flexibility index (Phi) is 4.17. The van der Waals surface area contributed by atoms with Crippen LogP contribution in [-0.2, 0) is 6.42 Å². The molecule has 1 N–H and O–H groups in total. The number of anilines is 1. The van der Waals surface area contributed by atoms with Crippen LogP contribution < -0.4 is 5.32 Å². The second-order valence-corrected chi connectivity index (χ2v) is 4.69. The predicted molar refractivity (Wildman–Crippen MR) is 77.8 cm³/mol. The van der Waals surface area contributed by atoms with Gasteiger partial charge in [0.2, 0.25) is 0 Å². The number of halogens is 1. The van der Waals surface area contributed by atoms with Crippen molar-refractivity contribution in [1.82, 2.24) is 4.98 Å². The van der Waals surface area contributed by atoms with Crippen LogP contribution in [0.4, 0.5) is 5.69 Å². The summed E-state index contributed by atoms with van der Waals surface area (Å²) in [6.07, 6.45) is 2.51. The quantitative estimate of drug-likeness (QED) is 0.864. The van der Waals surface area contributed by atoms with Crippen LogP contribution in [0.2, 0.25) is 5.15 Å². The van der Waals surface area contributed by atoms with E-state index in [1.807, 2.05) is 31.2 Å². The summed E-state index contributed by atoms with van der Waals surface area (Å²) in [6, 6.07) is 9.36. The molecule has 4 heteroatoms. The average Bonchev–Trinajstić information content (AvgIpc) is 2.43. The first kappa shape index (κ1) is 13.6. The molecule has 1 heterocycles. The van der Waals surface area contributed by atoms with E-state index < -0.39 is 0 Å². The van der Waals surface area contributed by atoms with Crippen molar-refractivity contribution in [1.29, 1.82) is 0 Å². The van der Waals surface area contributed by atoms with Crippen molar-refractivity contribution in [3.05, 3.63) is 58.4 Å². The molecule has 0 aliphatic heterocycles. The molecule has 2 rings (SSSR count). The van der Waals surface area contributed by atoms with E-state index >= 15 is 0 Å². The van der Waals surface area contributed by atoms with Crippen LogP contribution in [0.1, 0.15) is 28.4 Å². The molecule has 0 unspecified atom stereocenters. The normalized spacial score (nSPS) is 10.3. The monoisotopic (exact) mass is 274 g/mol. The number of aryl methyl sites for hydroxylation is 2. The van der Waals surface area contributed by atoms with E-state index in [1.165, 1.54) is 5.56 Å². The number of pyridine rings is 1. The standard InChI is InChI=1S/C15H15ClN2O/c1-3-11-4-6-12(7-5-11)15(19)18-13-8-10(2)14(16)17-9-13/h4-9H,3H2,1-2H3,(H,18,19). The topological polar surface area (TPSA) is 42.0 Å². The molecular formula is C15H15ClN2O. The molecule has 0 spiro atoms. The molecule has 0 aliphatic carbocycles. The number of hydrogen-bond acceptors (Lipinski definition) is 2. The highest BCUT2D eigenvalue weighted by molar-refractivity contribution is 6.30. The van der Waals surface area contributed by atoms with Gasteiger partial charge in [-0.05, 0) is 42.7 Å². The Balaban J connectivity index is 2.13. The molecule has 3 nitrogen and oxygen atoms in total. The lowest BCUT2D eigenvalue weighted by Crippen LogP contribution is -2.12. The van der Waals surface area contributed by atoms with E-state index in [9.17, 15) is 4.79 Å². The summed E-state index contributed by atoms with van der Waals surface area (Å²) in [5, 5.41) is 3.25. The van der Waals surface area contributed by atoms with Crippen LogP contribution in [0.5, 0.6) is 0 Å². The Hall–Kier alpha value is -1.87. The molecule has 0 bridgehead atoms. The van der Waals surface area contributed by atoms with Crippen molar-refractivity contribution < 1.29 is 4.79 Å². The first-order valence-electron chi connectivity index (χ1n) is 6.12. The predicted octanol–water partition coefficient (Wildman–Crippen LogP) is 3.86. The molecule has 0 aliphatic rings. The van der Waals surface area contributed by atoms with Gasteiger partial charge in [0.05, 0.1) is 11.9 Å². The van der Waals surface area contributed by atoms with Crippen LogP contribution in [0.25, 0.3) is 0 Å². The van der Waals surface area contributed by atoms with Crippen LogP contribution >= 0.6 is 11.6 Å². The summed E-state index contributed by atoms with van der Waals surface area (Å²) < 4.78 is 0. The summed E-state index contributed by atoms with van der Waals surface area (Å²) >= 11 is 5.84. The Morgan fingerprint density at radius 1 is 1.32 bits per heavy atom. The highest BCUT2D eigenvalue weighted by Crippen LogP contribution is 2.17. The van der Waals surface area contributed by atoms with E-state index in [2.05, 4.69) is 17.2 Å². The molecule has 0 radical (unpaired) electrons. The van der Waals surface area contributed by atoms with Crippen molar-refractivity contribution in [3.8, 4) is 0 Å². The van der Waals surface area contributed by atoms with Gasteiger partial charge in [-0.25, -0.2) is 4.98 Å². The minimum absolute atomic E-state index is 0.147. The second-order valence-electron chi connectivity index (χ2n) is 4.34. The molecule has 1 amide bonds. The Labute approximate surface area is 117 Å². The Morgan fingerprint density at radius 2 is 2.00 bits per heavy atom. The lowest BCUT2D eigenvalue weighted by molar-refractivity contribution is 0.102. The number of carbonyl (C=O) groups is 1. The lowest BCUT2D eigenvalue weighted by atomic mass is 10.1. The van der Waals surface area contributed by atoms with Gasteiger partial charge in [0.15, 0.2) is 0 Å². The van der Waals surface area contributed by atoms with Gasteiger partial charge in [-0.2, -0.15) is 0 Å². The molecule has 1 aromatic heterocycles. The SMILES string of the molecule is CCc1ccc(C(=O)Nc2cnc(Cl)c(C)c2)cc1. The number of nitrogens with one attached hydrogen (secondary N) is 1. The van der Waals surface area contributed by atoms with Gasteiger partial charge >= 0.3 is 0 Å². The van der Waals surface area contributed by atoms with Gasteiger partial charge in [0, 0.05) is 5.56 Å². The van der Waals surface area contributed by atoms with Crippen LogP contribution in [0.3, 0.4) is 0 Å². The van der Waals surface area contributed by atoms with Gasteiger partial charge in [-0.1, -0.05) is 30.7 Å². The zero-order chi connectivity index (χ0) is 13.8. The molecule has 0 atom stereocenters. The summed E-state index contributed by atoms with van der Waals surface area (Å²) in [7, 11) is 0. The van der Waals surface area contributed by atoms with E-state index in [4.69, 9.17) is 11.6 Å². The maximum Gasteiger partial charge on any atom is 0.255 e. The van der Waals surface area contributed by atoms with Crippen molar-refractivity contribution in [2.45, 2.75) is 20.3 Å². The van der Waals surface area contributed by atoms with Crippen molar-refractivity contribution in [2.75, 3.05) is 5.32 Å². The molecule has 0 saturated heterocycles. The van der Waals surface area contributed by atoms with Crippen LogP contribution in [-0.4, -0.2) is 10.9 Å². The molecule has 98 valence electrons. The minimum atomic E-state index is -0.147. The fourth-order valence-corrected chi connectivity index (χ4v) is 1.82. The largest absolute Gasteiger partial charge is 0.321 e. The van der Waals surface area contributed by atoms with E-state index in [0.29, 0.717) is 16.4 Å². The molecule has 2 aromatic rings. The minimum Gasteiger partial charge on any atom is -0.321 e. The third kappa shape index (κ3) is 3.32. The smallest absolute Gasteiger partial charge is 0.255 e. The zero-order valence-electron chi connectivity index (χ0n) is 10.9. The summed E-state index contributed by atoms with van der Waals surface area (Å²) in [5.74, 6) is -0.147. The van der Waals surface area contributed by atoms with Crippen molar-refractivity contribution in [2.24, 2.45) is 0 Å². The number of aromatic nitrogens is 1. The number of rotatable bonds is 3. The lowest BCUT2D eigenvalue weighted by Gasteiger charge is -2.07. The van der Waals surface area contributed by atoms with Crippen molar-refractivity contribution in [3.63, 3.8) is 0 Å². The number of benzene rings is 1. The fraction of sp³-hybridized carbons (Fsp3) is 0.200. The van der Waals surface area contributed by atoms with Gasteiger partial charge in [-0.15, -0.1) is 0 Å². The second kappa shape index (κ2) is 5.85. The molecular weight excluding hydrogens is 260 g/mol. The molecule has 0 saturated carbocycles. The Morgan fingerprint density at radius 3 is 2.58 bits per heavy atom. The summed E-state index contributed by atoms with van der Waals surface area (Å²) in [4.78, 5) is 16.0. The van der Waals surface area contributed by atoms with Crippen LogP contribution in [0.15, 0.2) is 36.5 Å². The van der Waals surface area contributed by atoms with Crippen LogP contribution in [0, 0.1) is 6.92 Å². The molecule has 1 aromatic carbocycles. The van der Waals surface area contributed by atoms with E-state index in [0.717, 1.165) is 12.0 Å². The van der Waals surface area contributed by atoms with E-state index in [-0.39, 0.29) is 5.91 Å². The third-order valence-electron chi connectivity index (χ3n) is 2.90.